The van der Waals surface area contributed by atoms with Crippen molar-refractivity contribution in [2.45, 2.75) is 0 Å². The minimum absolute atomic E-state index is 0. The molecule has 12 heavy (non-hydrogen) atoms. The van der Waals surface area contributed by atoms with Gasteiger partial charge in [-0.05, 0) is 24.3 Å². The van der Waals surface area contributed by atoms with Gasteiger partial charge in [0.2, 0.25) is 0 Å². The molecule has 2 N–H and O–H groups in total. The molecular weight excluding hydrogens is 189 g/mol. The van der Waals surface area contributed by atoms with Crippen molar-refractivity contribution in [1.82, 2.24) is 0 Å². The van der Waals surface area contributed by atoms with Crippen LogP contribution < -0.4 is 34.2 Å². The molecule has 0 amide bonds. The zero-order valence-electron chi connectivity index (χ0n) is 7.57. The smallest absolute Gasteiger partial charge is 1.00 e. The van der Waals surface area contributed by atoms with Crippen molar-refractivity contribution in [3.05, 3.63) is 29.3 Å². The number of benzene rings is 1. The van der Waals surface area contributed by atoms with Crippen LogP contribution in [0.3, 0.4) is 0 Å². The molecule has 0 fully saturated rings. The molecule has 0 radical (unpaired) electrons. The van der Waals surface area contributed by atoms with Gasteiger partial charge in [-0.1, -0.05) is 11.6 Å². The Bertz CT molecular complexity index is 234. The third kappa shape index (κ3) is 4.35. The van der Waals surface area contributed by atoms with E-state index in [1.165, 1.54) is 0 Å². The molecule has 0 bridgehead atoms. The summed E-state index contributed by atoms with van der Waals surface area (Å²) in [6.45, 7) is 0. The molecular formula is C6H7BClNaO3. The molecule has 0 aliphatic heterocycles. The van der Waals surface area contributed by atoms with Gasteiger partial charge in [-0.2, -0.15) is 0 Å². The second kappa shape index (κ2) is 5.86. The van der Waals surface area contributed by atoms with E-state index in [0.717, 1.165) is 0 Å². The Labute approximate surface area is 99.3 Å². The van der Waals surface area contributed by atoms with Crippen molar-refractivity contribution in [1.29, 1.82) is 0 Å². The second-order valence-corrected chi connectivity index (χ2v) is 2.33. The van der Waals surface area contributed by atoms with E-state index < -0.39 is 7.32 Å². The van der Waals surface area contributed by atoms with Gasteiger partial charge in [0, 0.05) is 5.02 Å². The predicted molar refractivity (Wildman–Crippen MR) is 43.4 cm³/mol. The van der Waals surface area contributed by atoms with Crippen LogP contribution in [0.4, 0.5) is 0 Å². The van der Waals surface area contributed by atoms with Crippen LogP contribution in [0, 0.1) is 0 Å². The van der Waals surface area contributed by atoms with E-state index in [4.69, 9.17) is 21.6 Å². The van der Waals surface area contributed by atoms with E-state index in [-0.39, 0.29) is 31.0 Å². The zero-order valence-corrected chi connectivity index (χ0v) is 9.32. The molecule has 0 aliphatic rings. The number of hydrogen-bond donors (Lipinski definition) is 2. The first-order chi connectivity index (χ1) is 5.18. The monoisotopic (exact) mass is 196 g/mol. The van der Waals surface area contributed by atoms with Gasteiger partial charge in [-0.25, -0.2) is 0 Å². The van der Waals surface area contributed by atoms with Crippen LogP contribution in [0.25, 0.3) is 0 Å². The van der Waals surface area contributed by atoms with E-state index in [1.807, 2.05) is 0 Å². The van der Waals surface area contributed by atoms with Crippen molar-refractivity contribution in [2.75, 3.05) is 0 Å². The predicted octanol–water partition coefficient (Wildman–Crippen LogP) is -2.20. The topological polar surface area (TPSA) is 49.7 Å². The maximum absolute atomic E-state index is 8.38. The summed E-state index contributed by atoms with van der Waals surface area (Å²) >= 11 is 5.57. The Morgan fingerprint density at radius 1 is 1.25 bits per heavy atom. The molecule has 0 unspecified atom stereocenters. The fourth-order valence-electron chi connectivity index (χ4n) is 0.635. The standard InChI is InChI=1S/C6H6BClO3.Na.H/c8-5-1-3-6(4-2-5)11-7(9)10;;/h1-4,9-10H;;/q;+1;-1. The van der Waals surface area contributed by atoms with Crippen molar-refractivity contribution in [3.63, 3.8) is 0 Å². The minimum Gasteiger partial charge on any atom is -1.00 e. The average molecular weight is 196 g/mol. The van der Waals surface area contributed by atoms with Crippen molar-refractivity contribution in [3.8, 4) is 5.75 Å². The molecule has 0 spiro atoms. The third-order valence-electron chi connectivity index (χ3n) is 1.06. The number of hydrogen-bond acceptors (Lipinski definition) is 3. The number of halogens is 1. The summed E-state index contributed by atoms with van der Waals surface area (Å²) in [7, 11) is -1.78. The van der Waals surface area contributed by atoms with E-state index in [1.54, 1.807) is 24.3 Å². The second-order valence-electron chi connectivity index (χ2n) is 1.90. The Balaban J connectivity index is 0. The molecule has 0 atom stereocenters. The molecule has 3 nitrogen and oxygen atoms in total. The quantitative estimate of drug-likeness (QED) is 0.528. The summed E-state index contributed by atoms with van der Waals surface area (Å²) in [6.07, 6.45) is 0. The maximum atomic E-state index is 8.38. The van der Waals surface area contributed by atoms with E-state index in [2.05, 4.69) is 4.65 Å². The molecule has 1 aromatic rings. The molecule has 0 aliphatic carbocycles. The molecule has 0 saturated carbocycles. The van der Waals surface area contributed by atoms with Gasteiger partial charge >= 0.3 is 36.9 Å². The van der Waals surface area contributed by atoms with Gasteiger partial charge in [0.1, 0.15) is 5.75 Å². The molecule has 60 valence electrons. The molecule has 1 aromatic carbocycles. The molecule has 6 heteroatoms. The van der Waals surface area contributed by atoms with Gasteiger partial charge in [-0.3, -0.25) is 0 Å². The van der Waals surface area contributed by atoms with Crippen LogP contribution in [-0.4, -0.2) is 17.4 Å². The van der Waals surface area contributed by atoms with Gasteiger partial charge in [-0.15, -0.1) is 0 Å². The first-order valence-corrected chi connectivity index (χ1v) is 3.34. The first-order valence-electron chi connectivity index (χ1n) is 2.97. The van der Waals surface area contributed by atoms with Crippen LogP contribution in [0.5, 0.6) is 5.75 Å². The van der Waals surface area contributed by atoms with E-state index in [9.17, 15) is 0 Å². The fourth-order valence-corrected chi connectivity index (χ4v) is 0.761. The van der Waals surface area contributed by atoms with Crippen LogP contribution in [0.2, 0.25) is 5.02 Å². The Kier molecular flexibility index (Phi) is 6.00. The Hall–Kier alpha value is 0.295. The minimum atomic E-state index is -1.78. The Morgan fingerprint density at radius 3 is 2.17 bits per heavy atom. The zero-order chi connectivity index (χ0) is 8.27. The molecule has 1 rings (SSSR count). The van der Waals surface area contributed by atoms with Gasteiger partial charge < -0.3 is 16.1 Å². The van der Waals surface area contributed by atoms with Crippen molar-refractivity contribution >= 4 is 18.9 Å². The molecule has 0 aromatic heterocycles. The SMILES string of the molecule is OB(O)Oc1ccc(Cl)cc1.[H-].[Na+]. The van der Waals surface area contributed by atoms with Crippen LogP contribution in [0.1, 0.15) is 1.43 Å². The largest absolute Gasteiger partial charge is 1.00 e. The summed E-state index contributed by atoms with van der Waals surface area (Å²) in [5.74, 6) is 0.365. The van der Waals surface area contributed by atoms with Gasteiger partial charge in [0.05, 0.1) is 0 Å². The third-order valence-corrected chi connectivity index (χ3v) is 1.31. The van der Waals surface area contributed by atoms with Gasteiger partial charge in [0.25, 0.3) is 0 Å². The van der Waals surface area contributed by atoms with E-state index in [0.29, 0.717) is 10.8 Å². The maximum Gasteiger partial charge on any atom is 1.00 e. The van der Waals surface area contributed by atoms with Crippen molar-refractivity contribution < 1.29 is 45.7 Å². The summed E-state index contributed by atoms with van der Waals surface area (Å²) in [5.41, 5.74) is 0. The van der Waals surface area contributed by atoms with Crippen LogP contribution in [-0.2, 0) is 0 Å². The van der Waals surface area contributed by atoms with Crippen LogP contribution >= 0.6 is 11.6 Å². The van der Waals surface area contributed by atoms with Crippen LogP contribution in [0.15, 0.2) is 24.3 Å². The molecule has 0 saturated heterocycles. The van der Waals surface area contributed by atoms with Crippen molar-refractivity contribution in [2.24, 2.45) is 0 Å². The Morgan fingerprint density at radius 2 is 1.75 bits per heavy atom. The van der Waals surface area contributed by atoms with Gasteiger partial charge in [0.15, 0.2) is 0 Å². The average Bonchev–Trinajstić information content (AvgIpc) is 1.93. The van der Waals surface area contributed by atoms with E-state index >= 15 is 0 Å². The first kappa shape index (κ1) is 12.3. The summed E-state index contributed by atoms with van der Waals surface area (Å²) in [6, 6.07) is 6.28. The number of rotatable bonds is 2. The summed E-state index contributed by atoms with van der Waals surface area (Å²) < 4.78 is 4.52. The molecule has 0 heterocycles. The fraction of sp³-hybridized carbons (Fsp3) is 0. The summed E-state index contributed by atoms with van der Waals surface area (Å²) in [4.78, 5) is 0. The summed E-state index contributed by atoms with van der Waals surface area (Å²) in [5, 5.41) is 17.3. The normalized spacial score (nSPS) is 8.58.